The summed E-state index contributed by atoms with van der Waals surface area (Å²) >= 11 is 1.76. The van der Waals surface area contributed by atoms with Crippen molar-refractivity contribution in [3.05, 3.63) is 51.5 Å². The number of hydrogen-bond acceptors (Lipinski definition) is 4. The number of aliphatic imine (C=N–C) groups is 1. The van der Waals surface area contributed by atoms with Gasteiger partial charge in [0, 0.05) is 37.8 Å². The van der Waals surface area contributed by atoms with Gasteiger partial charge in [-0.15, -0.1) is 11.3 Å². The van der Waals surface area contributed by atoms with Crippen molar-refractivity contribution in [3.63, 3.8) is 0 Å². The van der Waals surface area contributed by atoms with E-state index in [9.17, 15) is 0 Å². The van der Waals surface area contributed by atoms with Crippen molar-refractivity contribution in [2.24, 2.45) is 10.9 Å². The number of thiazole rings is 1. The number of aryl methyl sites for hydroxylation is 1. The molecule has 1 saturated heterocycles. The molecule has 28 heavy (non-hydrogen) atoms. The van der Waals surface area contributed by atoms with Crippen LogP contribution in [-0.4, -0.2) is 36.0 Å². The molecule has 6 heteroatoms. The largest absolute Gasteiger partial charge is 0.352 e. The average molecular weight is 400 g/mol. The van der Waals surface area contributed by atoms with E-state index in [4.69, 9.17) is 0 Å². The lowest BCUT2D eigenvalue weighted by molar-refractivity contribution is 0.176. The highest BCUT2D eigenvalue weighted by Gasteiger charge is 2.16. The zero-order chi connectivity index (χ0) is 19.8. The van der Waals surface area contributed by atoms with Gasteiger partial charge >= 0.3 is 0 Å². The van der Waals surface area contributed by atoms with Gasteiger partial charge in [0.15, 0.2) is 5.96 Å². The van der Waals surface area contributed by atoms with E-state index in [-0.39, 0.29) is 0 Å². The lowest BCUT2D eigenvalue weighted by Crippen LogP contribution is -2.36. The van der Waals surface area contributed by atoms with Crippen molar-refractivity contribution < 1.29 is 0 Å². The third-order valence-electron chi connectivity index (χ3n) is 5.21. The van der Waals surface area contributed by atoms with Crippen molar-refractivity contribution in [2.75, 3.05) is 20.1 Å². The molecule has 2 N–H and O–H groups in total. The number of nitrogens with one attached hydrogen (secondary N) is 2. The number of benzene rings is 1. The van der Waals surface area contributed by atoms with E-state index in [1.165, 1.54) is 41.9 Å². The monoisotopic (exact) mass is 399 g/mol. The Labute approximate surface area is 173 Å². The zero-order valence-electron chi connectivity index (χ0n) is 17.4. The van der Waals surface area contributed by atoms with Gasteiger partial charge in [-0.3, -0.25) is 9.89 Å². The molecule has 0 spiro atoms. The Morgan fingerprint density at radius 1 is 1.21 bits per heavy atom. The van der Waals surface area contributed by atoms with Gasteiger partial charge in [0.1, 0.15) is 5.01 Å². The smallest absolute Gasteiger partial charge is 0.191 e. The molecule has 1 unspecified atom stereocenters. The van der Waals surface area contributed by atoms with E-state index in [0.717, 1.165) is 36.4 Å². The molecule has 0 bridgehead atoms. The second-order valence-electron chi connectivity index (χ2n) is 7.65. The molecule has 0 radical (unpaired) electrons. The Kier molecular flexibility index (Phi) is 7.86. The van der Waals surface area contributed by atoms with Crippen molar-refractivity contribution >= 4 is 17.3 Å². The molecule has 1 atom stereocenters. The second-order valence-corrected chi connectivity index (χ2v) is 8.85. The molecule has 5 nitrogen and oxygen atoms in total. The molecule has 1 aromatic carbocycles. The van der Waals surface area contributed by atoms with E-state index in [0.29, 0.717) is 6.54 Å². The molecular formula is C22H33N5S. The lowest BCUT2D eigenvalue weighted by atomic mass is 9.99. The Bertz CT molecular complexity index is 753. The Balaban J connectivity index is 1.43. The van der Waals surface area contributed by atoms with Gasteiger partial charge in [-0.25, -0.2) is 4.98 Å². The highest BCUT2D eigenvalue weighted by Crippen LogP contribution is 2.18. The van der Waals surface area contributed by atoms with Gasteiger partial charge in [0.05, 0.1) is 6.54 Å². The molecule has 2 aromatic rings. The topological polar surface area (TPSA) is 52.6 Å². The number of guanidine groups is 1. The van der Waals surface area contributed by atoms with Crippen molar-refractivity contribution in [2.45, 2.75) is 52.7 Å². The van der Waals surface area contributed by atoms with Crippen LogP contribution in [0.2, 0.25) is 0 Å². The highest BCUT2D eigenvalue weighted by molar-refractivity contribution is 7.11. The first-order chi connectivity index (χ1) is 13.7. The summed E-state index contributed by atoms with van der Waals surface area (Å²) in [6.45, 7) is 9.51. The maximum absolute atomic E-state index is 4.44. The van der Waals surface area contributed by atoms with Crippen LogP contribution in [0.3, 0.4) is 0 Å². The first-order valence-electron chi connectivity index (χ1n) is 10.3. The van der Waals surface area contributed by atoms with Crippen LogP contribution in [0.5, 0.6) is 0 Å². The van der Waals surface area contributed by atoms with Gasteiger partial charge in [0.2, 0.25) is 0 Å². The minimum Gasteiger partial charge on any atom is -0.352 e. The minimum absolute atomic E-state index is 0.706. The van der Waals surface area contributed by atoms with Crippen molar-refractivity contribution in [1.82, 2.24) is 20.5 Å². The number of hydrogen-bond donors (Lipinski definition) is 2. The molecule has 1 aliphatic rings. The van der Waals surface area contributed by atoms with Gasteiger partial charge in [0.25, 0.3) is 0 Å². The predicted octanol–water partition coefficient (Wildman–Crippen LogP) is 3.80. The summed E-state index contributed by atoms with van der Waals surface area (Å²) in [5.41, 5.74) is 2.66. The van der Waals surface area contributed by atoms with E-state index in [2.05, 4.69) is 63.6 Å². The normalized spacial score (nSPS) is 18.2. The molecule has 0 saturated carbocycles. The Hall–Kier alpha value is -1.92. The fourth-order valence-corrected chi connectivity index (χ4v) is 4.41. The van der Waals surface area contributed by atoms with Gasteiger partial charge in [-0.2, -0.15) is 0 Å². The van der Waals surface area contributed by atoms with Crippen LogP contribution in [0.25, 0.3) is 0 Å². The quantitative estimate of drug-likeness (QED) is 0.549. The summed E-state index contributed by atoms with van der Waals surface area (Å²) in [4.78, 5) is 12.7. The Morgan fingerprint density at radius 3 is 2.64 bits per heavy atom. The fraction of sp³-hybridized carbons (Fsp3) is 0.545. The first-order valence-corrected chi connectivity index (χ1v) is 11.2. The number of likely N-dealkylation sites (tertiary alicyclic amines) is 1. The van der Waals surface area contributed by atoms with Crippen LogP contribution < -0.4 is 10.6 Å². The predicted molar refractivity (Wildman–Crippen MR) is 119 cm³/mol. The summed E-state index contributed by atoms with van der Waals surface area (Å²) in [7, 11) is 1.80. The molecule has 1 aromatic heterocycles. The van der Waals surface area contributed by atoms with Crippen LogP contribution in [0.15, 0.2) is 35.5 Å². The summed E-state index contributed by atoms with van der Waals surface area (Å²) in [6.07, 6.45) is 5.70. The summed E-state index contributed by atoms with van der Waals surface area (Å²) < 4.78 is 0. The maximum atomic E-state index is 4.44. The number of piperidine rings is 1. The molecule has 152 valence electrons. The van der Waals surface area contributed by atoms with Gasteiger partial charge in [-0.05, 0) is 42.9 Å². The van der Waals surface area contributed by atoms with Crippen LogP contribution in [0.4, 0.5) is 0 Å². The molecule has 3 rings (SSSR count). The first kappa shape index (κ1) is 20.8. The summed E-state index contributed by atoms with van der Waals surface area (Å²) in [6, 6.07) is 8.96. The lowest BCUT2D eigenvalue weighted by Gasteiger charge is -2.30. The summed E-state index contributed by atoms with van der Waals surface area (Å²) in [5, 5.41) is 7.83. The molecule has 0 aliphatic carbocycles. The molecule has 0 amide bonds. The molecule has 2 heterocycles. The van der Waals surface area contributed by atoms with Crippen molar-refractivity contribution in [1.29, 1.82) is 0 Å². The number of nitrogens with zero attached hydrogens (tertiary/aromatic N) is 3. The SMILES string of the molecule is CCc1cnc(CNC(=NC)NCc2ccc(CN3CCCC(C)C3)cc2)s1. The van der Waals surface area contributed by atoms with Crippen LogP contribution in [0.1, 0.15) is 47.7 Å². The third kappa shape index (κ3) is 6.31. The Morgan fingerprint density at radius 2 is 1.96 bits per heavy atom. The standard InChI is InChI=1S/C22H33N5S/c1-4-20-13-24-21(28-20)14-26-22(23-3)25-12-18-7-9-19(10-8-18)16-27-11-5-6-17(2)15-27/h7-10,13,17H,4-6,11-12,14-16H2,1-3H3,(H2,23,25,26). The van der Waals surface area contributed by atoms with Crippen LogP contribution in [0, 0.1) is 5.92 Å². The van der Waals surface area contributed by atoms with Gasteiger partial charge < -0.3 is 10.6 Å². The zero-order valence-corrected chi connectivity index (χ0v) is 18.2. The number of rotatable bonds is 7. The van der Waals surface area contributed by atoms with Gasteiger partial charge in [-0.1, -0.05) is 38.1 Å². The minimum atomic E-state index is 0.706. The van der Waals surface area contributed by atoms with Crippen LogP contribution >= 0.6 is 11.3 Å². The molecule has 1 aliphatic heterocycles. The number of aromatic nitrogens is 1. The van der Waals surface area contributed by atoms with E-state index >= 15 is 0 Å². The molecule has 1 fully saturated rings. The van der Waals surface area contributed by atoms with E-state index in [1.54, 1.807) is 18.4 Å². The third-order valence-corrected chi connectivity index (χ3v) is 6.35. The second kappa shape index (κ2) is 10.6. The van der Waals surface area contributed by atoms with Crippen molar-refractivity contribution in [3.8, 4) is 0 Å². The van der Waals surface area contributed by atoms with E-state index in [1.807, 2.05) is 6.20 Å². The van der Waals surface area contributed by atoms with Crippen LogP contribution in [-0.2, 0) is 26.1 Å². The maximum Gasteiger partial charge on any atom is 0.191 e. The summed E-state index contributed by atoms with van der Waals surface area (Å²) in [5.74, 6) is 1.63. The fourth-order valence-electron chi connectivity index (χ4n) is 3.61. The van der Waals surface area contributed by atoms with E-state index < -0.39 is 0 Å². The average Bonchev–Trinajstić information content (AvgIpc) is 3.17. The highest BCUT2D eigenvalue weighted by atomic mass is 32.1. The molecular weight excluding hydrogens is 366 g/mol.